The normalized spacial score (nSPS) is 27.7. The smallest absolute Gasteiger partial charge is 0.130 e. The minimum atomic E-state index is 0.255. The van der Waals surface area contributed by atoms with Crippen LogP contribution in [0.15, 0.2) is 22.7 Å². The van der Waals surface area contributed by atoms with Gasteiger partial charge in [0.1, 0.15) is 5.75 Å². The van der Waals surface area contributed by atoms with Gasteiger partial charge in [-0.15, -0.1) is 0 Å². The number of phenolic OH excluding ortho intramolecular Hbond substituents is 1. The average molecular weight is 270 g/mol. The molecule has 82 valence electrons. The molecule has 0 spiro atoms. The van der Waals surface area contributed by atoms with E-state index in [0.717, 1.165) is 4.47 Å². The van der Waals surface area contributed by atoms with E-state index in [1.165, 1.54) is 5.56 Å². The minimum absolute atomic E-state index is 0.255. The van der Waals surface area contributed by atoms with Crippen molar-refractivity contribution in [1.82, 2.24) is 0 Å². The van der Waals surface area contributed by atoms with Crippen LogP contribution < -0.4 is 5.73 Å². The summed E-state index contributed by atoms with van der Waals surface area (Å²) in [4.78, 5) is 0. The highest BCUT2D eigenvalue weighted by atomic mass is 79.9. The Morgan fingerprint density at radius 2 is 2.13 bits per heavy atom. The summed E-state index contributed by atoms with van der Waals surface area (Å²) in [7, 11) is 0. The van der Waals surface area contributed by atoms with Crippen LogP contribution in [0, 0.1) is 11.3 Å². The van der Waals surface area contributed by atoms with Crippen molar-refractivity contribution >= 4 is 15.9 Å². The molecule has 1 saturated carbocycles. The Labute approximate surface area is 98.6 Å². The van der Waals surface area contributed by atoms with Crippen LogP contribution in [0.25, 0.3) is 0 Å². The fraction of sp³-hybridized carbons (Fsp3) is 0.500. The van der Waals surface area contributed by atoms with Crippen LogP contribution in [0.4, 0.5) is 0 Å². The molecule has 0 amide bonds. The van der Waals surface area contributed by atoms with Gasteiger partial charge in [0.15, 0.2) is 0 Å². The zero-order valence-electron chi connectivity index (χ0n) is 9.00. The number of rotatable bonds is 2. The van der Waals surface area contributed by atoms with Crippen molar-refractivity contribution in [2.75, 3.05) is 6.54 Å². The van der Waals surface area contributed by atoms with Gasteiger partial charge in [-0.1, -0.05) is 26.0 Å². The Morgan fingerprint density at radius 1 is 1.47 bits per heavy atom. The summed E-state index contributed by atoms with van der Waals surface area (Å²) < 4.78 is 0.819. The van der Waals surface area contributed by atoms with Crippen LogP contribution in [-0.2, 0) is 0 Å². The summed E-state index contributed by atoms with van der Waals surface area (Å²) in [6.07, 6.45) is 0. The molecule has 1 fully saturated rings. The number of hydrogen-bond donors (Lipinski definition) is 2. The molecule has 0 aliphatic heterocycles. The standard InChI is InChI=1S/C12H16BrNO/c1-12(2)8(6-14)10(12)7-4-3-5-9(15)11(7)13/h3-5,8,10,15H,6,14H2,1-2H3/t8-,10-/m1/s1. The van der Waals surface area contributed by atoms with Gasteiger partial charge in [0.25, 0.3) is 0 Å². The maximum atomic E-state index is 9.63. The molecule has 3 N–H and O–H groups in total. The number of benzene rings is 1. The van der Waals surface area contributed by atoms with Crippen molar-refractivity contribution in [3.05, 3.63) is 28.2 Å². The number of hydrogen-bond acceptors (Lipinski definition) is 2. The lowest BCUT2D eigenvalue weighted by Gasteiger charge is -2.07. The third-order valence-electron chi connectivity index (χ3n) is 3.65. The van der Waals surface area contributed by atoms with Crippen LogP contribution in [0.1, 0.15) is 25.3 Å². The molecule has 0 bridgehead atoms. The summed E-state index contributed by atoms with van der Waals surface area (Å²) in [6, 6.07) is 5.64. The van der Waals surface area contributed by atoms with E-state index in [9.17, 15) is 5.11 Å². The molecule has 0 saturated heterocycles. The molecule has 3 heteroatoms. The van der Waals surface area contributed by atoms with Gasteiger partial charge in [-0.05, 0) is 51.4 Å². The number of nitrogens with two attached hydrogens (primary N) is 1. The van der Waals surface area contributed by atoms with E-state index in [-0.39, 0.29) is 5.41 Å². The summed E-state index contributed by atoms with van der Waals surface area (Å²) in [5.74, 6) is 1.30. The lowest BCUT2D eigenvalue weighted by Crippen LogP contribution is -2.05. The van der Waals surface area contributed by atoms with Crippen molar-refractivity contribution in [2.24, 2.45) is 17.1 Å². The molecule has 0 heterocycles. The topological polar surface area (TPSA) is 46.2 Å². The SMILES string of the molecule is CC1(C)[C@H](CN)[C@H]1c1cccc(O)c1Br. The summed E-state index contributed by atoms with van der Waals surface area (Å²) in [6.45, 7) is 5.16. The predicted octanol–water partition coefficient (Wildman–Crippen LogP) is 2.85. The molecule has 2 nitrogen and oxygen atoms in total. The van der Waals surface area contributed by atoms with Crippen LogP contribution in [0.2, 0.25) is 0 Å². The van der Waals surface area contributed by atoms with Gasteiger partial charge in [0, 0.05) is 0 Å². The van der Waals surface area contributed by atoms with Crippen molar-refractivity contribution in [3.63, 3.8) is 0 Å². The second-order valence-electron chi connectivity index (χ2n) is 4.82. The second kappa shape index (κ2) is 3.49. The third kappa shape index (κ3) is 1.58. The quantitative estimate of drug-likeness (QED) is 0.868. The van der Waals surface area contributed by atoms with Crippen molar-refractivity contribution in [3.8, 4) is 5.75 Å². The largest absolute Gasteiger partial charge is 0.507 e. The fourth-order valence-electron chi connectivity index (χ4n) is 2.58. The number of halogens is 1. The van der Waals surface area contributed by atoms with Gasteiger partial charge in [-0.2, -0.15) is 0 Å². The Bertz CT molecular complexity index is 389. The molecule has 0 aromatic heterocycles. The van der Waals surface area contributed by atoms with E-state index in [0.29, 0.717) is 24.1 Å². The van der Waals surface area contributed by atoms with E-state index in [2.05, 4.69) is 35.8 Å². The summed E-state index contributed by atoms with van der Waals surface area (Å²) >= 11 is 3.44. The molecular weight excluding hydrogens is 254 g/mol. The summed E-state index contributed by atoms with van der Waals surface area (Å²) in [5, 5.41) is 9.63. The Kier molecular flexibility index (Phi) is 2.55. The number of phenols is 1. The maximum absolute atomic E-state index is 9.63. The van der Waals surface area contributed by atoms with E-state index in [1.54, 1.807) is 6.07 Å². The highest BCUT2D eigenvalue weighted by Crippen LogP contribution is 2.65. The molecule has 2 rings (SSSR count). The van der Waals surface area contributed by atoms with Crippen molar-refractivity contribution in [1.29, 1.82) is 0 Å². The first-order chi connectivity index (χ1) is 7.00. The highest BCUT2D eigenvalue weighted by Gasteiger charge is 2.57. The van der Waals surface area contributed by atoms with E-state index < -0.39 is 0 Å². The Balaban J connectivity index is 2.37. The van der Waals surface area contributed by atoms with Crippen LogP contribution >= 0.6 is 15.9 Å². The van der Waals surface area contributed by atoms with E-state index in [4.69, 9.17) is 5.73 Å². The molecule has 1 aromatic rings. The van der Waals surface area contributed by atoms with Gasteiger partial charge in [-0.3, -0.25) is 0 Å². The van der Waals surface area contributed by atoms with Crippen LogP contribution in [0.5, 0.6) is 5.75 Å². The molecule has 0 radical (unpaired) electrons. The van der Waals surface area contributed by atoms with Crippen LogP contribution in [-0.4, -0.2) is 11.7 Å². The zero-order valence-corrected chi connectivity index (χ0v) is 10.6. The van der Waals surface area contributed by atoms with Gasteiger partial charge >= 0.3 is 0 Å². The summed E-state index contributed by atoms with van der Waals surface area (Å²) in [5.41, 5.74) is 7.18. The first-order valence-electron chi connectivity index (χ1n) is 5.17. The minimum Gasteiger partial charge on any atom is -0.507 e. The Morgan fingerprint density at radius 3 is 2.67 bits per heavy atom. The molecule has 2 atom stereocenters. The maximum Gasteiger partial charge on any atom is 0.130 e. The van der Waals surface area contributed by atoms with Crippen molar-refractivity contribution in [2.45, 2.75) is 19.8 Å². The Hall–Kier alpha value is -0.540. The lowest BCUT2D eigenvalue weighted by molar-refractivity contribution is 0.470. The highest BCUT2D eigenvalue weighted by molar-refractivity contribution is 9.10. The fourth-order valence-corrected chi connectivity index (χ4v) is 3.09. The second-order valence-corrected chi connectivity index (χ2v) is 5.61. The van der Waals surface area contributed by atoms with Crippen LogP contribution in [0.3, 0.4) is 0 Å². The van der Waals surface area contributed by atoms with Gasteiger partial charge in [-0.25, -0.2) is 0 Å². The molecule has 1 aliphatic rings. The average Bonchev–Trinajstić information content (AvgIpc) is 2.73. The molecular formula is C12H16BrNO. The molecule has 1 aliphatic carbocycles. The first-order valence-corrected chi connectivity index (χ1v) is 5.97. The van der Waals surface area contributed by atoms with E-state index >= 15 is 0 Å². The first kappa shape index (κ1) is 11.0. The van der Waals surface area contributed by atoms with Gasteiger partial charge in [0.2, 0.25) is 0 Å². The van der Waals surface area contributed by atoms with E-state index in [1.807, 2.05) is 6.07 Å². The van der Waals surface area contributed by atoms with Gasteiger partial charge < -0.3 is 10.8 Å². The third-order valence-corrected chi connectivity index (χ3v) is 4.51. The predicted molar refractivity (Wildman–Crippen MR) is 64.9 cm³/mol. The van der Waals surface area contributed by atoms with Gasteiger partial charge in [0.05, 0.1) is 4.47 Å². The van der Waals surface area contributed by atoms with Crippen molar-refractivity contribution < 1.29 is 5.11 Å². The zero-order chi connectivity index (χ0) is 11.2. The number of aromatic hydroxyl groups is 1. The lowest BCUT2D eigenvalue weighted by atomic mass is 10.0. The molecule has 1 aromatic carbocycles. The molecule has 15 heavy (non-hydrogen) atoms. The monoisotopic (exact) mass is 269 g/mol. The molecule has 0 unspecified atom stereocenters.